The average molecular weight is 267 g/mol. The number of aromatic nitrogens is 3. The van der Waals surface area contributed by atoms with Gasteiger partial charge in [0.25, 0.3) is 0 Å². The Hall–Kier alpha value is -1.75. The van der Waals surface area contributed by atoms with Gasteiger partial charge >= 0.3 is 0 Å². The molecule has 0 atom stereocenters. The Morgan fingerprint density at radius 1 is 1.44 bits per heavy atom. The van der Waals surface area contributed by atoms with E-state index in [1.807, 2.05) is 20.0 Å². The van der Waals surface area contributed by atoms with Gasteiger partial charge in [0, 0.05) is 18.1 Å². The number of anilines is 1. The number of hydrogen-bond donors (Lipinski definition) is 1. The van der Waals surface area contributed by atoms with Gasteiger partial charge in [0.1, 0.15) is 5.75 Å². The Labute approximate surface area is 111 Å². The van der Waals surface area contributed by atoms with E-state index in [1.54, 1.807) is 24.1 Å². The summed E-state index contributed by atoms with van der Waals surface area (Å²) in [6.45, 7) is 2.58. The van der Waals surface area contributed by atoms with Crippen molar-refractivity contribution in [1.29, 1.82) is 0 Å². The van der Waals surface area contributed by atoms with Crippen LogP contribution in [0, 0.1) is 6.92 Å². The molecule has 0 unspecified atom stereocenters. The van der Waals surface area contributed by atoms with Crippen LogP contribution in [0.1, 0.15) is 11.3 Å². The van der Waals surface area contributed by atoms with Gasteiger partial charge in [0.05, 0.1) is 31.2 Å². The second-order valence-electron chi connectivity index (χ2n) is 4.00. The van der Waals surface area contributed by atoms with Crippen molar-refractivity contribution < 1.29 is 4.74 Å². The third-order valence-electron chi connectivity index (χ3n) is 2.75. The van der Waals surface area contributed by atoms with E-state index in [1.165, 1.54) is 0 Å². The van der Waals surface area contributed by atoms with Crippen molar-refractivity contribution in [3.63, 3.8) is 0 Å². The van der Waals surface area contributed by atoms with Gasteiger partial charge in [0.2, 0.25) is 0 Å². The average Bonchev–Trinajstić information content (AvgIpc) is 2.76. The molecule has 0 fully saturated rings. The highest BCUT2D eigenvalue weighted by Gasteiger charge is 2.07. The largest absolute Gasteiger partial charge is 0.495 e. The molecular weight excluding hydrogens is 252 g/mol. The van der Waals surface area contributed by atoms with Gasteiger partial charge in [-0.05, 0) is 18.6 Å². The first-order valence-corrected chi connectivity index (χ1v) is 5.91. The monoisotopic (exact) mass is 266 g/mol. The molecule has 6 heteroatoms. The minimum absolute atomic E-state index is 0.626. The van der Waals surface area contributed by atoms with Gasteiger partial charge in [-0.15, -0.1) is 5.10 Å². The molecule has 0 saturated carbocycles. The first kappa shape index (κ1) is 12.7. The number of methoxy groups -OCH3 is 1. The van der Waals surface area contributed by atoms with Crippen molar-refractivity contribution in [1.82, 2.24) is 15.0 Å². The number of nitrogens with one attached hydrogen (secondary N) is 1. The number of aryl methyl sites for hydroxylation is 2. The van der Waals surface area contributed by atoms with Crippen LogP contribution in [-0.4, -0.2) is 22.1 Å². The molecule has 2 aromatic rings. The molecule has 0 spiro atoms. The summed E-state index contributed by atoms with van der Waals surface area (Å²) >= 11 is 6.06. The number of halogens is 1. The van der Waals surface area contributed by atoms with E-state index in [0.29, 0.717) is 11.6 Å². The van der Waals surface area contributed by atoms with Crippen molar-refractivity contribution in [3.05, 3.63) is 34.6 Å². The SMILES string of the molecule is COc1cc(Cl)c(C)cc1NCc1cnnn1C. The lowest BCUT2D eigenvalue weighted by Gasteiger charge is -2.12. The predicted molar refractivity (Wildman–Crippen MR) is 71.1 cm³/mol. The summed E-state index contributed by atoms with van der Waals surface area (Å²) in [6, 6.07) is 3.77. The van der Waals surface area contributed by atoms with Crippen LogP contribution in [0.5, 0.6) is 5.75 Å². The highest BCUT2D eigenvalue weighted by molar-refractivity contribution is 6.31. The summed E-state index contributed by atoms with van der Waals surface area (Å²) in [4.78, 5) is 0. The fraction of sp³-hybridized carbons (Fsp3) is 0.333. The molecule has 0 aliphatic carbocycles. The van der Waals surface area contributed by atoms with Crippen molar-refractivity contribution in [2.75, 3.05) is 12.4 Å². The Balaban J connectivity index is 2.18. The number of benzene rings is 1. The quantitative estimate of drug-likeness (QED) is 0.923. The van der Waals surface area contributed by atoms with Crippen molar-refractivity contribution in [3.8, 4) is 5.75 Å². The predicted octanol–water partition coefficient (Wildman–Crippen LogP) is 2.40. The summed E-state index contributed by atoms with van der Waals surface area (Å²) in [7, 11) is 3.48. The molecule has 1 heterocycles. The third-order valence-corrected chi connectivity index (χ3v) is 3.16. The first-order valence-electron chi connectivity index (χ1n) is 5.53. The van der Waals surface area contributed by atoms with Crippen LogP contribution in [-0.2, 0) is 13.6 Å². The van der Waals surface area contributed by atoms with E-state index >= 15 is 0 Å². The lowest BCUT2D eigenvalue weighted by molar-refractivity contribution is 0.416. The zero-order valence-electron chi connectivity index (χ0n) is 10.6. The van der Waals surface area contributed by atoms with Crippen molar-refractivity contribution in [2.45, 2.75) is 13.5 Å². The summed E-state index contributed by atoms with van der Waals surface area (Å²) in [5, 5.41) is 11.7. The fourth-order valence-corrected chi connectivity index (χ4v) is 1.78. The molecule has 96 valence electrons. The Morgan fingerprint density at radius 2 is 2.22 bits per heavy atom. The normalized spacial score (nSPS) is 10.4. The second-order valence-corrected chi connectivity index (χ2v) is 4.41. The van der Waals surface area contributed by atoms with Crippen LogP contribution in [0.3, 0.4) is 0 Å². The standard InChI is InChI=1S/C12H15ClN4O/c1-8-4-11(12(18-3)5-10(8)13)14-6-9-7-15-16-17(9)2/h4-5,7,14H,6H2,1-3H3. The van der Waals surface area contributed by atoms with E-state index in [-0.39, 0.29) is 0 Å². The first-order chi connectivity index (χ1) is 8.61. The van der Waals surface area contributed by atoms with E-state index < -0.39 is 0 Å². The summed E-state index contributed by atoms with van der Waals surface area (Å²) in [5.74, 6) is 0.723. The molecule has 0 bridgehead atoms. The molecule has 0 radical (unpaired) electrons. The molecule has 0 aliphatic heterocycles. The maximum atomic E-state index is 6.06. The minimum Gasteiger partial charge on any atom is -0.495 e. The molecular formula is C12H15ClN4O. The van der Waals surface area contributed by atoms with Gasteiger partial charge in [-0.25, -0.2) is 0 Å². The number of nitrogens with zero attached hydrogens (tertiary/aromatic N) is 3. The lowest BCUT2D eigenvalue weighted by atomic mass is 10.2. The molecule has 0 saturated heterocycles. The second kappa shape index (κ2) is 5.27. The molecule has 1 aromatic carbocycles. The molecule has 18 heavy (non-hydrogen) atoms. The van der Waals surface area contributed by atoms with Gasteiger partial charge in [0.15, 0.2) is 0 Å². The van der Waals surface area contributed by atoms with Crippen molar-refractivity contribution >= 4 is 17.3 Å². The van der Waals surface area contributed by atoms with Gasteiger partial charge < -0.3 is 10.1 Å². The zero-order valence-corrected chi connectivity index (χ0v) is 11.3. The van der Waals surface area contributed by atoms with Crippen LogP contribution in [0.2, 0.25) is 5.02 Å². The topological polar surface area (TPSA) is 52.0 Å². The van der Waals surface area contributed by atoms with Gasteiger partial charge in [-0.3, -0.25) is 4.68 Å². The molecule has 1 N–H and O–H groups in total. The Kier molecular flexibility index (Phi) is 3.72. The summed E-state index contributed by atoms with van der Waals surface area (Å²) < 4.78 is 7.02. The molecule has 2 rings (SSSR count). The van der Waals surface area contributed by atoms with Gasteiger partial charge in [-0.1, -0.05) is 16.8 Å². The van der Waals surface area contributed by atoms with Crippen LogP contribution in [0.4, 0.5) is 5.69 Å². The van der Waals surface area contributed by atoms with Gasteiger partial charge in [-0.2, -0.15) is 0 Å². The highest BCUT2D eigenvalue weighted by atomic mass is 35.5. The molecule has 5 nitrogen and oxygen atoms in total. The fourth-order valence-electron chi connectivity index (χ4n) is 1.63. The zero-order chi connectivity index (χ0) is 13.1. The lowest BCUT2D eigenvalue weighted by Crippen LogP contribution is -2.06. The Bertz CT molecular complexity index is 553. The van der Waals surface area contributed by atoms with Crippen molar-refractivity contribution in [2.24, 2.45) is 7.05 Å². The van der Waals surface area contributed by atoms with E-state index in [4.69, 9.17) is 16.3 Å². The maximum absolute atomic E-state index is 6.06. The minimum atomic E-state index is 0.626. The van der Waals surface area contributed by atoms with E-state index in [0.717, 1.165) is 22.7 Å². The van der Waals surface area contributed by atoms with Crippen LogP contribution in [0.25, 0.3) is 0 Å². The Morgan fingerprint density at radius 3 is 2.83 bits per heavy atom. The molecule has 0 amide bonds. The van der Waals surface area contributed by atoms with E-state index in [2.05, 4.69) is 15.6 Å². The molecule has 0 aliphatic rings. The summed E-state index contributed by atoms with van der Waals surface area (Å²) in [5.41, 5.74) is 2.90. The van der Waals surface area contributed by atoms with Crippen LogP contribution >= 0.6 is 11.6 Å². The number of hydrogen-bond acceptors (Lipinski definition) is 4. The number of rotatable bonds is 4. The third kappa shape index (κ3) is 2.56. The smallest absolute Gasteiger partial charge is 0.143 e. The summed E-state index contributed by atoms with van der Waals surface area (Å²) in [6.07, 6.45) is 1.72. The van der Waals surface area contributed by atoms with Crippen LogP contribution < -0.4 is 10.1 Å². The van der Waals surface area contributed by atoms with Crippen LogP contribution in [0.15, 0.2) is 18.3 Å². The van der Waals surface area contributed by atoms with E-state index in [9.17, 15) is 0 Å². The maximum Gasteiger partial charge on any atom is 0.143 e. The molecule has 1 aromatic heterocycles. The number of ether oxygens (including phenoxy) is 1. The highest BCUT2D eigenvalue weighted by Crippen LogP contribution is 2.31.